The quantitative estimate of drug-likeness (QED) is 0.424. The highest BCUT2D eigenvalue weighted by molar-refractivity contribution is 7.98. The summed E-state index contributed by atoms with van der Waals surface area (Å²) in [4.78, 5) is 19.4. The van der Waals surface area contributed by atoms with Crippen molar-refractivity contribution < 1.29 is 0 Å². The standard InChI is InChI=1S/C22H21ClN6OS/c1-15-8-9-19-24-16(12-20(30)28(19)13-15)14-31-22-26-25-21(27-10-4-5-11-27)29(22)18-7-3-2-6-17(18)23/h2-3,6-9,12-13H,4-5,10-11,14H2,1H3. The Labute approximate surface area is 188 Å². The number of fused-ring (bicyclic) bond motifs is 1. The van der Waals surface area contributed by atoms with Crippen molar-refractivity contribution in [3.05, 3.63) is 75.3 Å². The monoisotopic (exact) mass is 452 g/mol. The van der Waals surface area contributed by atoms with E-state index in [4.69, 9.17) is 11.6 Å². The Hall–Kier alpha value is -2.84. The smallest absolute Gasteiger partial charge is 0.258 e. The summed E-state index contributed by atoms with van der Waals surface area (Å²) in [6, 6.07) is 13.1. The Kier molecular flexibility index (Phi) is 5.41. The van der Waals surface area contributed by atoms with Crippen LogP contribution in [0.3, 0.4) is 0 Å². The van der Waals surface area contributed by atoms with E-state index in [1.165, 1.54) is 11.8 Å². The van der Waals surface area contributed by atoms with Gasteiger partial charge in [-0.15, -0.1) is 10.2 Å². The summed E-state index contributed by atoms with van der Waals surface area (Å²) >= 11 is 8.02. The van der Waals surface area contributed by atoms with Gasteiger partial charge in [0, 0.05) is 31.1 Å². The normalized spacial score (nSPS) is 13.9. The molecule has 1 aliphatic rings. The van der Waals surface area contributed by atoms with E-state index >= 15 is 0 Å². The number of para-hydroxylation sites is 1. The highest BCUT2D eigenvalue weighted by Gasteiger charge is 2.23. The Morgan fingerprint density at radius 2 is 1.90 bits per heavy atom. The molecule has 1 aliphatic heterocycles. The molecule has 4 heterocycles. The van der Waals surface area contributed by atoms with Gasteiger partial charge in [-0.3, -0.25) is 13.8 Å². The van der Waals surface area contributed by atoms with Gasteiger partial charge in [0.05, 0.1) is 16.4 Å². The van der Waals surface area contributed by atoms with Gasteiger partial charge in [0.1, 0.15) is 5.65 Å². The van der Waals surface area contributed by atoms with Gasteiger partial charge in [-0.05, 0) is 43.5 Å². The zero-order valence-electron chi connectivity index (χ0n) is 17.0. The molecule has 3 aromatic heterocycles. The van der Waals surface area contributed by atoms with Crippen LogP contribution in [0, 0.1) is 6.92 Å². The number of hydrogen-bond acceptors (Lipinski definition) is 6. The maximum Gasteiger partial charge on any atom is 0.258 e. The molecule has 5 rings (SSSR count). The van der Waals surface area contributed by atoms with Gasteiger partial charge in [0.2, 0.25) is 5.95 Å². The van der Waals surface area contributed by atoms with Crippen molar-refractivity contribution in [2.24, 2.45) is 0 Å². The van der Waals surface area contributed by atoms with E-state index in [1.54, 1.807) is 16.7 Å². The number of anilines is 1. The van der Waals surface area contributed by atoms with Crippen molar-refractivity contribution in [1.82, 2.24) is 24.1 Å². The molecule has 4 aromatic rings. The van der Waals surface area contributed by atoms with E-state index in [9.17, 15) is 4.79 Å². The van der Waals surface area contributed by atoms with Gasteiger partial charge in [-0.1, -0.05) is 41.6 Å². The molecule has 0 unspecified atom stereocenters. The number of thioether (sulfide) groups is 1. The molecule has 0 amide bonds. The van der Waals surface area contributed by atoms with Gasteiger partial charge >= 0.3 is 0 Å². The zero-order chi connectivity index (χ0) is 21.4. The van der Waals surface area contributed by atoms with E-state index < -0.39 is 0 Å². The minimum absolute atomic E-state index is 0.0883. The summed E-state index contributed by atoms with van der Waals surface area (Å²) in [7, 11) is 0. The largest absolute Gasteiger partial charge is 0.341 e. The summed E-state index contributed by atoms with van der Waals surface area (Å²) in [5, 5.41) is 10.3. The molecule has 0 radical (unpaired) electrons. The second-order valence-electron chi connectivity index (χ2n) is 7.57. The SMILES string of the molecule is Cc1ccc2nc(CSc3nnc(N4CCCC4)n3-c3ccccc3Cl)cc(=O)n2c1. The van der Waals surface area contributed by atoms with Crippen molar-refractivity contribution in [1.29, 1.82) is 0 Å². The van der Waals surface area contributed by atoms with Crippen LogP contribution in [-0.2, 0) is 5.75 Å². The van der Waals surface area contributed by atoms with Crippen LogP contribution in [0.1, 0.15) is 24.1 Å². The van der Waals surface area contributed by atoms with Gasteiger partial charge in [-0.2, -0.15) is 0 Å². The summed E-state index contributed by atoms with van der Waals surface area (Å²) in [5.74, 6) is 1.30. The van der Waals surface area contributed by atoms with Gasteiger partial charge < -0.3 is 4.90 Å². The third-order valence-electron chi connectivity index (χ3n) is 5.31. The van der Waals surface area contributed by atoms with E-state index in [-0.39, 0.29) is 5.56 Å². The molecule has 0 atom stereocenters. The first-order valence-electron chi connectivity index (χ1n) is 10.2. The molecule has 0 saturated carbocycles. The maximum atomic E-state index is 12.5. The molecular weight excluding hydrogens is 432 g/mol. The number of aryl methyl sites for hydroxylation is 1. The van der Waals surface area contributed by atoms with Gasteiger partial charge in [0.15, 0.2) is 5.16 Å². The number of aromatic nitrogens is 5. The zero-order valence-corrected chi connectivity index (χ0v) is 18.6. The fraction of sp³-hybridized carbons (Fsp3) is 0.273. The fourth-order valence-corrected chi connectivity index (χ4v) is 4.84. The van der Waals surface area contributed by atoms with Crippen molar-refractivity contribution in [2.75, 3.05) is 18.0 Å². The van der Waals surface area contributed by atoms with Crippen LogP contribution in [0.25, 0.3) is 11.3 Å². The predicted octanol–water partition coefficient (Wildman–Crippen LogP) is 4.13. The summed E-state index contributed by atoms with van der Waals surface area (Å²) in [6.45, 7) is 3.86. The van der Waals surface area contributed by atoms with Crippen molar-refractivity contribution in [3.63, 3.8) is 0 Å². The molecule has 7 nitrogen and oxygen atoms in total. The van der Waals surface area contributed by atoms with E-state index in [0.29, 0.717) is 22.1 Å². The molecule has 31 heavy (non-hydrogen) atoms. The van der Waals surface area contributed by atoms with Crippen molar-refractivity contribution in [3.8, 4) is 5.69 Å². The topological polar surface area (TPSA) is 68.3 Å². The maximum absolute atomic E-state index is 12.5. The van der Waals surface area contributed by atoms with Crippen molar-refractivity contribution in [2.45, 2.75) is 30.7 Å². The number of rotatable bonds is 5. The average Bonchev–Trinajstić information content (AvgIpc) is 3.43. The Morgan fingerprint density at radius 1 is 1.10 bits per heavy atom. The van der Waals surface area contributed by atoms with E-state index in [2.05, 4.69) is 20.1 Å². The molecule has 1 aromatic carbocycles. The number of halogens is 1. The first kappa shape index (κ1) is 20.1. The van der Waals surface area contributed by atoms with Crippen LogP contribution in [0.5, 0.6) is 0 Å². The summed E-state index contributed by atoms with van der Waals surface area (Å²) < 4.78 is 3.58. The number of hydrogen-bond donors (Lipinski definition) is 0. The molecule has 1 saturated heterocycles. The lowest BCUT2D eigenvalue weighted by Crippen LogP contribution is -2.22. The van der Waals surface area contributed by atoms with Crippen LogP contribution < -0.4 is 10.5 Å². The second kappa shape index (κ2) is 8.36. The molecule has 158 valence electrons. The van der Waals surface area contributed by atoms with Gasteiger partial charge in [-0.25, -0.2) is 4.98 Å². The Morgan fingerprint density at radius 3 is 2.71 bits per heavy atom. The number of nitrogens with zero attached hydrogens (tertiary/aromatic N) is 6. The minimum atomic E-state index is -0.0883. The lowest BCUT2D eigenvalue weighted by atomic mass is 10.3. The number of benzene rings is 1. The molecule has 0 bridgehead atoms. The Bertz CT molecular complexity index is 1310. The van der Waals surface area contributed by atoms with Crippen molar-refractivity contribution >= 4 is 35.0 Å². The van der Waals surface area contributed by atoms with E-state index in [1.807, 2.05) is 47.9 Å². The number of pyridine rings is 1. The highest BCUT2D eigenvalue weighted by atomic mass is 35.5. The highest BCUT2D eigenvalue weighted by Crippen LogP contribution is 2.32. The third-order valence-corrected chi connectivity index (χ3v) is 6.59. The Balaban J connectivity index is 1.50. The predicted molar refractivity (Wildman–Crippen MR) is 124 cm³/mol. The third kappa shape index (κ3) is 3.93. The fourth-order valence-electron chi connectivity index (χ4n) is 3.79. The van der Waals surface area contributed by atoms with Crippen LogP contribution in [0.2, 0.25) is 5.02 Å². The molecule has 0 N–H and O–H groups in total. The first-order chi connectivity index (χ1) is 15.1. The van der Waals surface area contributed by atoms with E-state index in [0.717, 1.165) is 48.3 Å². The summed E-state index contributed by atoms with van der Waals surface area (Å²) in [6.07, 6.45) is 4.09. The summed E-state index contributed by atoms with van der Waals surface area (Å²) in [5.41, 5.74) is 3.12. The second-order valence-corrected chi connectivity index (χ2v) is 8.92. The first-order valence-corrected chi connectivity index (χ1v) is 11.5. The molecule has 0 aliphatic carbocycles. The van der Waals surface area contributed by atoms with Gasteiger partial charge in [0.25, 0.3) is 5.56 Å². The van der Waals surface area contributed by atoms with Crippen LogP contribution in [0.15, 0.2) is 58.6 Å². The van der Waals surface area contributed by atoms with Crippen LogP contribution >= 0.6 is 23.4 Å². The molecule has 9 heteroatoms. The lowest BCUT2D eigenvalue weighted by Gasteiger charge is -2.19. The minimum Gasteiger partial charge on any atom is -0.341 e. The average molecular weight is 453 g/mol. The van der Waals surface area contributed by atoms with Crippen LogP contribution in [-0.4, -0.2) is 37.2 Å². The molecular formula is C22H21ClN6OS. The lowest BCUT2D eigenvalue weighted by molar-refractivity contribution is 0.841. The molecule has 0 spiro atoms. The van der Waals surface area contributed by atoms with Crippen LogP contribution in [0.4, 0.5) is 5.95 Å². The molecule has 1 fully saturated rings.